The van der Waals surface area contributed by atoms with Crippen molar-refractivity contribution in [1.82, 2.24) is 14.9 Å². The number of carbonyl (C=O) groups excluding carboxylic acids is 1. The van der Waals surface area contributed by atoms with Gasteiger partial charge in [-0.2, -0.15) is 4.31 Å². The number of nitrogens with one attached hydrogen (secondary N) is 2. The minimum atomic E-state index is -3.60. The number of sulfonamides is 1. The molecule has 0 radical (unpaired) electrons. The number of piperidine rings is 1. The standard InChI is InChI=1S/C17H25N3O4S.ClH/c1-13-16(6-3-7-18-13)19-17(21)14-4-2-5-15(12-14)25(22,23)20-8-10-24-11-9-20;/h2,4-5,12-13,16,18H,3,6-11H2,1H3,(H,19,21);1H. The van der Waals surface area contributed by atoms with Crippen molar-refractivity contribution < 1.29 is 17.9 Å². The molecule has 0 bridgehead atoms. The Morgan fingerprint density at radius 1 is 1.31 bits per heavy atom. The maximum Gasteiger partial charge on any atom is 0.251 e. The molecule has 0 aliphatic carbocycles. The first-order valence-corrected chi connectivity index (χ1v) is 10.1. The van der Waals surface area contributed by atoms with Crippen molar-refractivity contribution in [3.63, 3.8) is 0 Å². The predicted octanol–water partition coefficient (Wildman–Crippen LogP) is 1.000. The van der Waals surface area contributed by atoms with Crippen LogP contribution in [0.2, 0.25) is 0 Å². The number of benzene rings is 1. The van der Waals surface area contributed by atoms with Gasteiger partial charge in [-0.05, 0) is 44.5 Å². The van der Waals surface area contributed by atoms with Crippen LogP contribution < -0.4 is 10.6 Å². The largest absolute Gasteiger partial charge is 0.379 e. The first-order chi connectivity index (χ1) is 12.0. The Hall–Kier alpha value is -1.19. The van der Waals surface area contributed by atoms with Gasteiger partial charge in [-0.3, -0.25) is 4.79 Å². The van der Waals surface area contributed by atoms with Gasteiger partial charge in [0, 0.05) is 30.7 Å². The highest BCUT2D eigenvalue weighted by Crippen LogP contribution is 2.19. The summed E-state index contributed by atoms with van der Waals surface area (Å²) in [7, 11) is -3.60. The Bertz CT molecular complexity index is 722. The molecule has 26 heavy (non-hydrogen) atoms. The van der Waals surface area contributed by atoms with E-state index < -0.39 is 10.0 Å². The lowest BCUT2D eigenvalue weighted by atomic mass is 9.99. The van der Waals surface area contributed by atoms with Crippen molar-refractivity contribution in [2.24, 2.45) is 0 Å². The molecule has 2 fully saturated rings. The lowest BCUT2D eigenvalue weighted by molar-refractivity contribution is 0.0730. The summed E-state index contributed by atoms with van der Waals surface area (Å²) in [5.41, 5.74) is 0.368. The molecule has 2 atom stereocenters. The summed E-state index contributed by atoms with van der Waals surface area (Å²) in [4.78, 5) is 12.7. The normalized spacial score (nSPS) is 24.5. The van der Waals surface area contributed by atoms with Gasteiger partial charge < -0.3 is 15.4 Å². The lowest BCUT2D eigenvalue weighted by Gasteiger charge is -2.30. The number of amides is 1. The zero-order valence-corrected chi connectivity index (χ0v) is 16.4. The van der Waals surface area contributed by atoms with Crippen molar-refractivity contribution in [3.8, 4) is 0 Å². The number of nitrogens with zero attached hydrogens (tertiary/aromatic N) is 1. The van der Waals surface area contributed by atoms with Crippen LogP contribution in [-0.4, -0.2) is 63.6 Å². The molecule has 1 amide bonds. The van der Waals surface area contributed by atoms with Crippen LogP contribution in [0.1, 0.15) is 30.1 Å². The number of hydrogen-bond donors (Lipinski definition) is 2. The molecule has 0 spiro atoms. The molecule has 2 N–H and O–H groups in total. The van der Waals surface area contributed by atoms with Gasteiger partial charge in [-0.25, -0.2) is 8.42 Å². The molecule has 1 aromatic rings. The SMILES string of the molecule is CC1NCCCC1NC(=O)c1cccc(S(=O)(=O)N2CCOCC2)c1.Cl. The highest BCUT2D eigenvalue weighted by atomic mass is 35.5. The predicted molar refractivity (Wildman–Crippen MR) is 101 cm³/mol. The zero-order chi connectivity index (χ0) is 17.9. The van der Waals surface area contributed by atoms with E-state index in [9.17, 15) is 13.2 Å². The highest BCUT2D eigenvalue weighted by Gasteiger charge is 2.27. The second kappa shape index (κ2) is 9.14. The van der Waals surface area contributed by atoms with Crippen molar-refractivity contribution in [1.29, 1.82) is 0 Å². The third-order valence-electron chi connectivity index (χ3n) is 4.78. The molecule has 2 unspecified atom stereocenters. The molecule has 2 aliphatic rings. The topological polar surface area (TPSA) is 87.7 Å². The zero-order valence-electron chi connectivity index (χ0n) is 14.8. The monoisotopic (exact) mass is 403 g/mol. The summed E-state index contributed by atoms with van der Waals surface area (Å²) < 4.78 is 32.1. The average Bonchev–Trinajstić information content (AvgIpc) is 2.64. The molecule has 7 nitrogen and oxygen atoms in total. The van der Waals surface area contributed by atoms with Crippen LogP contribution in [0.5, 0.6) is 0 Å². The Morgan fingerprint density at radius 3 is 2.73 bits per heavy atom. The van der Waals surface area contributed by atoms with Crippen LogP contribution >= 0.6 is 12.4 Å². The first kappa shape index (κ1) is 21.1. The molecule has 0 aromatic heterocycles. The quantitative estimate of drug-likeness (QED) is 0.783. The van der Waals surface area contributed by atoms with Gasteiger partial charge in [0.2, 0.25) is 10.0 Å². The Morgan fingerprint density at radius 2 is 2.04 bits per heavy atom. The third-order valence-corrected chi connectivity index (χ3v) is 6.68. The molecule has 9 heteroatoms. The summed E-state index contributed by atoms with van der Waals surface area (Å²) in [6.45, 7) is 4.47. The van der Waals surface area contributed by atoms with Crippen LogP contribution in [0.4, 0.5) is 0 Å². The molecule has 2 heterocycles. The maximum absolute atomic E-state index is 12.7. The number of halogens is 1. The summed E-state index contributed by atoms with van der Waals surface area (Å²) in [5.74, 6) is -0.237. The Kier molecular flexibility index (Phi) is 7.42. The molecule has 2 aliphatic heterocycles. The van der Waals surface area contributed by atoms with E-state index in [2.05, 4.69) is 10.6 Å². The van der Waals surface area contributed by atoms with Crippen LogP contribution in [-0.2, 0) is 14.8 Å². The van der Waals surface area contributed by atoms with Crippen LogP contribution in [0.15, 0.2) is 29.2 Å². The molecule has 1 aromatic carbocycles. The minimum Gasteiger partial charge on any atom is -0.379 e. The van der Waals surface area contributed by atoms with E-state index in [1.54, 1.807) is 12.1 Å². The number of ether oxygens (including phenoxy) is 1. The summed E-state index contributed by atoms with van der Waals surface area (Å²) in [6.07, 6.45) is 1.94. The summed E-state index contributed by atoms with van der Waals surface area (Å²) in [5, 5.41) is 6.35. The first-order valence-electron chi connectivity index (χ1n) is 8.71. The molecular formula is C17H26ClN3O4S. The van der Waals surface area contributed by atoms with Gasteiger partial charge in [0.15, 0.2) is 0 Å². The Labute approximate surface area is 160 Å². The molecule has 3 rings (SSSR count). The number of carbonyl (C=O) groups is 1. The average molecular weight is 404 g/mol. The van der Waals surface area contributed by atoms with Gasteiger partial charge in [0.25, 0.3) is 5.91 Å². The third kappa shape index (κ3) is 4.75. The van der Waals surface area contributed by atoms with E-state index >= 15 is 0 Å². The number of morpholine rings is 1. The van der Waals surface area contributed by atoms with E-state index in [0.29, 0.717) is 31.9 Å². The smallest absolute Gasteiger partial charge is 0.251 e. The van der Waals surface area contributed by atoms with Gasteiger partial charge in [-0.15, -0.1) is 12.4 Å². The van der Waals surface area contributed by atoms with Gasteiger partial charge in [-0.1, -0.05) is 6.07 Å². The van der Waals surface area contributed by atoms with E-state index in [4.69, 9.17) is 4.74 Å². The van der Waals surface area contributed by atoms with E-state index in [1.165, 1.54) is 16.4 Å². The molecule has 2 saturated heterocycles. The van der Waals surface area contributed by atoms with E-state index in [1.807, 2.05) is 6.92 Å². The number of rotatable bonds is 4. The van der Waals surface area contributed by atoms with Crippen LogP contribution in [0, 0.1) is 0 Å². The van der Waals surface area contributed by atoms with Crippen molar-refractivity contribution in [2.45, 2.75) is 36.7 Å². The summed E-state index contributed by atoms with van der Waals surface area (Å²) in [6, 6.07) is 6.52. The lowest BCUT2D eigenvalue weighted by Crippen LogP contribution is -2.51. The Balaban J connectivity index is 0.00000243. The fourth-order valence-corrected chi connectivity index (χ4v) is 4.68. The van der Waals surface area contributed by atoms with E-state index in [-0.39, 0.29) is 35.3 Å². The van der Waals surface area contributed by atoms with Gasteiger partial charge in [0.1, 0.15) is 0 Å². The van der Waals surface area contributed by atoms with Crippen molar-refractivity contribution in [2.75, 3.05) is 32.8 Å². The van der Waals surface area contributed by atoms with Crippen LogP contribution in [0.3, 0.4) is 0 Å². The van der Waals surface area contributed by atoms with Crippen molar-refractivity contribution >= 4 is 28.3 Å². The molecule has 146 valence electrons. The van der Waals surface area contributed by atoms with E-state index in [0.717, 1.165) is 19.4 Å². The van der Waals surface area contributed by atoms with Crippen LogP contribution in [0.25, 0.3) is 0 Å². The fourth-order valence-electron chi connectivity index (χ4n) is 3.23. The second-order valence-electron chi connectivity index (χ2n) is 6.51. The second-order valence-corrected chi connectivity index (χ2v) is 8.45. The fraction of sp³-hybridized carbons (Fsp3) is 0.588. The number of hydrogen-bond acceptors (Lipinski definition) is 5. The molecular weight excluding hydrogens is 378 g/mol. The summed E-state index contributed by atoms with van der Waals surface area (Å²) >= 11 is 0. The minimum absolute atomic E-state index is 0. The van der Waals surface area contributed by atoms with Crippen molar-refractivity contribution in [3.05, 3.63) is 29.8 Å². The maximum atomic E-state index is 12.7. The molecule has 0 saturated carbocycles. The van der Waals surface area contributed by atoms with Gasteiger partial charge in [0.05, 0.1) is 18.1 Å². The highest BCUT2D eigenvalue weighted by molar-refractivity contribution is 7.89. The van der Waals surface area contributed by atoms with Gasteiger partial charge >= 0.3 is 0 Å².